The summed E-state index contributed by atoms with van der Waals surface area (Å²) in [5.41, 5.74) is 0.819. The van der Waals surface area contributed by atoms with Crippen LogP contribution in [0.4, 0.5) is 0 Å². The zero-order chi connectivity index (χ0) is 13.3. The molecule has 2 heterocycles. The summed E-state index contributed by atoms with van der Waals surface area (Å²) in [6, 6.07) is 1.87. The number of halogens is 2. The van der Waals surface area contributed by atoms with Crippen molar-refractivity contribution in [1.29, 1.82) is 0 Å². The van der Waals surface area contributed by atoms with Crippen molar-refractivity contribution >= 4 is 47.0 Å². The van der Waals surface area contributed by atoms with Gasteiger partial charge in [-0.25, -0.2) is 8.42 Å². The average Bonchev–Trinajstić information content (AvgIpc) is 2.83. The highest BCUT2D eigenvalue weighted by atomic mass is 79.9. The third-order valence-corrected chi connectivity index (χ3v) is 4.86. The smallest absolute Gasteiger partial charge is 0.296 e. The van der Waals surface area contributed by atoms with Gasteiger partial charge in [-0.15, -0.1) is 21.5 Å². The van der Waals surface area contributed by atoms with Gasteiger partial charge in [-0.1, -0.05) is 6.92 Å². The molecule has 0 amide bonds. The van der Waals surface area contributed by atoms with E-state index in [1.807, 2.05) is 18.4 Å². The van der Waals surface area contributed by atoms with Crippen LogP contribution in [0.25, 0.3) is 11.4 Å². The molecule has 2 aromatic rings. The maximum Gasteiger partial charge on any atom is 0.296 e. The summed E-state index contributed by atoms with van der Waals surface area (Å²) in [5, 5.41) is 9.27. The first-order valence-corrected chi connectivity index (χ1v) is 9.04. The highest BCUT2D eigenvalue weighted by Gasteiger charge is 2.23. The first-order valence-electron chi connectivity index (χ1n) is 5.05. The lowest BCUT2D eigenvalue weighted by Gasteiger charge is -2.05. The van der Waals surface area contributed by atoms with E-state index in [1.165, 1.54) is 15.9 Å². The first kappa shape index (κ1) is 14.0. The van der Waals surface area contributed by atoms with Gasteiger partial charge >= 0.3 is 0 Å². The molecule has 0 aliphatic carbocycles. The van der Waals surface area contributed by atoms with Gasteiger partial charge in [0, 0.05) is 28.2 Å². The third kappa shape index (κ3) is 2.76. The normalized spacial score (nSPS) is 11.9. The summed E-state index contributed by atoms with van der Waals surface area (Å²) in [4.78, 5) is 0. The Bertz CT molecular complexity index is 665. The summed E-state index contributed by atoms with van der Waals surface area (Å²) >= 11 is 4.85. The molecule has 0 N–H and O–H groups in total. The van der Waals surface area contributed by atoms with Crippen LogP contribution in [-0.2, 0) is 15.6 Å². The van der Waals surface area contributed by atoms with Gasteiger partial charge in [0.1, 0.15) is 0 Å². The van der Waals surface area contributed by atoms with Crippen molar-refractivity contribution in [2.75, 3.05) is 0 Å². The zero-order valence-electron chi connectivity index (χ0n) is 9.30. The number of thiophene rings is 1. The quantitative estimate of drug-likeness (QED) is 0.776. The highest BCUT2D eigenvalue weighted by molar-refractivity contribution is 9.11. The van der Waals surface area contributed by atoms with E-state index in [4.69, 9.17) is 10.7 Å². The predicted molar refractivity (Wildman–Crippen MR) is 74.4 cm³/mol. The first-order chi connectivity index (χ1) is 8.43. The van der Waals surface area contributed by atoms with Crippen molar-refractivity contribution in [1.82, 2.24) is 14.8 Å². The Hall–Kier alpha value is -0.440. The van der Waals surface area contributed by atoms with Gasteiger partial charge in [-0.3, -0.25) is 4.57 Å². The van der Waals surface area contributed by atoms with Crippen LogP contribution >= 0.6 is 37.9 Å². The molecule has 0 bridgehead atoms. The fraction of sp³-hybridized carbons (Fsp3) is 0.333. The summed E-state index contributed by atoms with van der Waals surface area (Å²) < 4.78 is 25.3. The molecule has 0 fully saturated rings. The van der Waals surface area contributed by atoms with Gasteiger partial charge in [-0.05, 0) is 28.4 Å². The molecule has 2 rings (SSSR count). The van der Waals surface area contributed by atoms with Crippen molar-refractivity contribution in [2.45, 2.75) is 25.0 Å². The fourth-order valence-corrected chi connectivity index (χ4v) is 3.59. The third-order valence-electron chi connectivity index (χ3n) is 2.21. The lowest BCUT2D eigenvalue weighted by molar-refractivity contribution is 0.570. The predicted octanol–water partition coefficient (Wildman–Crippen LogP) is 3.11. The molecule has 18 heavy (non-hydrogen) atoms. The van der Waals surface area contributed by atoms with Crippen molar-refractivity contribution < 1.29 is 8.42 Å². The fourth-order valence-electron chi connectivity index (χ4n) is 1.54. The minimum Gasteiger partial charge on any atom is -0.297 e. The molecule has 0 saturated heterocycles. The number of nitrogens with zero attached hydrogens (tertiary/aromatic N) is 3. The van der Waals surface area contributed by atoms with E-state index in [9.17, 15) is 8.42 Å². The molecule has 98 valence electrons. The van der Waals surface area contributed by atoms with Crippen LogP contribution in [0.15, 0.2) is 20.4 Å². The van der Waals surface area contributed by atoms with Crippen LogP contribution in [0.1, 0.15) is 13.3 Å². The minimum absolute atomic E-state index is 0.205. The van der Waals surface area contributed by atoms with Crippen molar-refractivity contribution in [3.05, 3.63) is 15.2 Å². The van der Waals surface area contributed by atoms with Gasteiger partial charge in [0.25, 0.3) is 14.2 Å². The van der Waals surface area contributed by atoms with Crippen LogP contribution in [0.5, 0.6) is 0 Å². The van der Waals surface area contributed by atoms with E-state index in [0.29, 0.717) is 12.4 Å². The van der Waals surface area contributed by atoms with E-state index in [1.54, 1.807) is 0 Å². The second-order valence-corrected chi connectivity index (χ2v) is 8.29. The van der Waals surface area contributed by atoms with Crippen LogP contribution in [0.3, 0.4) is 0 Å². The molecule has 0 aliphatic heterocycles. The molecule has 0 aromatic carbocycles. The molecule has 0 saturated carbocycles. The summed E-state index contributed by atoms with van der Waals surface area (Å²) in [6.07, 6.45) is 0.760. The average molecular weight is 371 g/mol. The molecule has 0 radical (unpaired) electrons. The Morgan fingerprint density at radius 1 is 1.50 bits per heavy atom. The zero-order valence-corrected chi connectivity index (χ0v) is 13.3. The monoisotopic (exact) mass is 369 g/mol. The van der Waals surface area contributed by atoms with Crippen molar-refractivity contribution in [3.8, 4) is 11.4 Å². The molecule has 0 unspecified atom stereocenters. The number of aromatic nitrogens is 3. The number of rotatable bonds is 4. The molecular formula is C9H9BrClN3O2S2. The van der Waals surface area contributed by atoms with Crippen LogP contribution < -0.4 is 0 Å². The van der Waals surface area contributed by atoms with Gasteiger partial charge in [0.15, 0.2) is 5.82 Å². The van der Waals surface area contributed by atoms with Gasteiger partial charge in [0.2, 0.25) is 0 Å². The molecule has 9 heteroatoms. The van der Waals surface area contributed by atoms with Crippen LogP contribution in [-0.4, -0.2) is 23.2 Å². The molecule has 0 spiro atoms. The van der Waals surface area contributed by atoms with Gasteiger partial charge in [0.05, 0.1) is 3.79 Å². The van der Waals surface area contributed by atoms with Gasteiger partial charge < -0.3 is 0 Å². The summed E-state index contributed by atoms with van der Waals surface area (Å²) in [7, 11) is 1.46. The van der Waals surface area contributed by atoms with E-state index in [-0.39, 0.29) is 5.16 Å². The van der Waals surface area contributed by atoms with Gasteiger partial charge in [-0.2, -0.15) is 0 Å². The Kier molecular flexibility index (Phi) is 4.10. The minimum atomic E-state index is -3.88. The summed E-state index contributed by atoms with van der Waals surface area (Å²) in [6.45, 7) is 2.44. The van der Waals surface area contributed by atoms with Crippen LogP contribution in [0.2, 0.25) is 0 Å². The topological polar surface area (TPSA) is 64.8 Å². The lowest BCUT2D eigenvalue weighted by Crippen LogP contribution is -2.07. The maximum absolute atomic E-state index is 11.4. The van der Waals surface area contributed by atoms with Crippen molar-refractivity contribution in [2.24, 2.45) is 0 Å². The van der Waals surface area contributed by atoms with E-state index >= 15 is 0 Å². The van der Waals surface area contributed by atoms with E-state index < -0.39 is 9.05 Å². The maximum atomic E-state index is 11.4. The Morgan fingerprint density at radius 3 is 2.72 bits per heavy atom. The Labute approximate surface area is 121 Å². The molecule has 2 aromatic heterocycles. The number of hydrogen-bond acceptors (Lipinski definition) is 5. The molecule has 5 nitrogen and oxygen atoms in total. The number of hydrogen-bond donors (Lipinski definition) is 0. The van der Waals surface area contributed by atoms with E-state index in [0.717, 1.165) is 15.8 Å². The molecule has 0 aliphatic rings. The van der Waals surface area contributed by atoms with Crippen molar-refractivity contribution in [3.63, 3.8) is 0 Å². The second-order valence-electron chi connectivity index (χ2n) is 3.54. The molecular weight excluding hydrogens is 362 g/mol. The second kappa shape index (κ2) is 5.28. The highest BCUT2D eigenvalue weighted by Crippen LogP contribution is 2.29. The summed E-state index contributed by atoms with van der Waals surface area (Å²) in [5.74, 6) is 0.512. The van der Waals surface area contributed by atoms with Crippen LogP contribution in [0, 0.1) is 0 Å². The lowest BCUT2D eigenvalue weighted by atomic mass is 10.3. The Balaban J connectivity index is 2.59. The standard InChI is InChI=1S/C9H9BrClN3O2S2/c1-2-3-14-8(6-4-7(10)17-5-6)12-13-9(14)18(11,15)16/h4-5H,2-3H2,1H3. The largest absolute Gasteiger partial charge is 0.297 e. The molecule has 0 atom stereocenters. The Morgan fingerprint density at radius 2 is 2.22 bits per heavy atom. The van der Waals surface area contributed by atoms with E-state index in [2.05, 4.69) is 26.1 Å². The SMILES string of the molecule is CCCn1c(-c2csc(Br)c2)nnc1S(=O)(=O)Cl.